The number of aliphatic hydroxyl groups excluding tert-OH is 1. The Morgan fingerprint density at radius 2 is 1.75 bits per heavy atom. The highest BCUT2D eigenvalue weighted by atomic mass is 79.9. The highest BCUT2D eigenvalue weighted by Crippen LogP contribution is 2.59. The predicted molar refractivity (Wildman–Crippen MR) is 185 cm³/mol. The Labute approximate surface area is 292 Å². The lowest BCUT2D eigenvalue weighted by molar-refractivity contribution is -0.164. The topological polar surface area (TPSA) is 117 Å². The number of halogens is 1. The molecule has 4 heterocycles. The lowest BCUT2D eigenvalue weighted by atomic mass is 9.74. The van der Waals surface area contributed by atoms with E-state index in [2.05, 4.69) is 22.9 Å². The average Bonchev–Trinajstić information content (AvgIpc) is 3.67. The molecule has 5 bridgehead atoms. The van der Waals surface area contributed by atoms with Crippen molar-refractivity contribution in [2.45, 2.75) is 109 Å². The lowest BCUT2D eigenvalue weighted by Gasteiger charge is -2.41. The van der Waals surface area contributed by atoms with Gasteiger partial charge in [-0.3, -0.25) is 19.2 Å². The van der Waals surface area contributed by atoms with E-state index < -0.39 is 59.6 Å². The minimum absolute atomic E-state index is 0.0985. The van der Waals surface area contributed by atoms with Gasteiger partial charge in [0.1, 0.15) is 29.8 Å². The van der Waals surface area contributed by atoms with Crippen LogP contribution in [0, 0.1) is 17.8 Å². The molecule has 1 unspecified atom stereocenters. The van der Waals surface area contributed by atoms with Gasteiger partial charge in [-0.15, -0.1) is 0 Å². The van der Waals surface area contributed by atoms with Gasteiger partial charge in [0.05, 0.1) is 24.6 Å². The number of fused-ring (bicyclic) bond motifs is 2. The molecule has 5 rings (SSSR count). The molecule has 1 aromatic carbocycles. The number of hydrogen-bond acceptors (Lipinski definition) is 7. The van der Waals surface area contributed by atoms with Crippen LogP contribution < -0.4 is 0 Å². The number of nitrogens with zero attached hydrogens (tertiary/aromatic N) is 3. The highest BCUT2D eigenvalue weighted by Gasteiger charge is 2.75. The summed E-state index contributed by atoms with van der Waals surface area (Å²) in [6.45, 7) is 9.79. The number of aliphatic hydroxyl groups is 1. The largest absolute Gasteiger partial charge is 0.455 e. The Bertz CT molecular complexity index is 1430. The van der Waals surface area contributed by atoms with Crippen LogP contribution in [0.1, 0.15) is 78.4 Å². The standard InChI is InChI=1S/C37H50BrN3O7/c1-7-15-23(4)40-19-14-10-13-18-28(43)39(6)24(5)31(25-16-11-9-12-17-25)47-36(46)29-30-34(44)41(27(21-42)22(3)8-2)33(35(40)45)37(30)20-26(38)32(29)48-37/h9-12,14,16-17,20,22-24,27,29-33,42H,7-8,13,15,18-19,21H2,1-6H3/b14-10-/t22-,23?,24+,27-,29-,30+,31-,32-,33-,37+/m0/s1. The summed E-state index contributed by atoms with van der Waals surface area (Å²) in [6.07, 6.45) is 6.96. The summed E-state index contributed by atoms with van der Waals surface area (Å²) in [6, 6.07) is 6.84. The summed E-state index contributed by atoms with van der Waals surface area (Å²) < 4.78 is 13.6. The molecular weight excluding hydrogens is 678 g/mol. The van der Waals surface area contributed by atoms with Crippen LogP contribution in [0.5, 0.6) is 0 Å². The van der Waals surface area contributed by atoms with E-state index in [1.807, 2.05) is 70.2 Å². The number of rotatable bonds is 8. The van der Waals surface area contributed by atoms with Crippen molar-refractivity contribution in [1.29, 1.82) is 0 Å². The van der Waals surface area contributed by atoms with E-state index in [9.17, 15) is 19.5 Å². The van der Waals surface area contributed by atoms with Crippen LogP contribution in [0.3, 0.4) is 0 Å². The molecule has 4 aliphatic rings. The van der Waals surface area contributed by atoms with Crippen LogP contribution in [0.25, 0.3) is 0 Å². The Morgan fingerprint density at radius 1 is 1.04 bits per heavy atom. The summed E-state index contributed by atoms with van der Waals surface area (Å²) in [5.74, 6) is -3.64. The van der Waals surface area contributed by atoms with Gasteiger partial charge in [0.25, 0.3) is 0 Å². The van der Waals surface area contributed by atoms with Crippen molar-refractivity contribution in [2.24, 2.45) is 17.8 Å². The number of carbonyl (C=O) groups excluding carboxylic acids is 4. The zero-order chi connectivity index (χ0) is 34.9. The fraction of sp³-hybridized carbons (Fsp3) is 0.622. The van der Waals surface area contributed by atoms with E-state index in [1.54, 1.807) is 22.9 Å². The molecule has 1 spiro atoms. The Balaban J connectivity index is 1.67. The normalized spacial score (nSPS) is 33.8. The minimum atomic E-state index is -1.44. The van der Waals surface area contributed by atoms with Crippen LogP contribution in [-0.4, -0.2) is 99.6 Å². The second-order valence-electron chi connectivity index (χ2n) is 13.9. The van der Waals surface area contributed by atoms with Crippen molar-refractivity contribution in [3.05, 3.63) is 58.6 Å². The predicted octanol–water partition coefficient (Wildman–Crippen LogP) is 4.77. The number of allylic oxidation sites excluding steroid dienone is 1. The second kappa shape index (κ2) is 14.8. The molecule has 2 fully saturated rings. The second-order valence-corrected chi connectivity index (χ2v) is 14.8. The maximum absolute atomic E-state index is 15.0. The van der Waals surface area contributed by atoms with Crippen molar-refractivity contribution in [3.8, 4) is 0 Å². The van der Waals surface area contributed by atoms with E-state index in [0.29, 0.717) is 22.9 Å². The molecule has 262 valence electrons. The number of hydrogen-bond donors (Lipinski definition) is 1. The molecule has 10 atom stereocenters. The first-order valence-electron chi connectivity index (χ1n) is 17.4. The van der Waals surface area contributed by atoms with Crippen LogP contribution in [-0.2, 0) is 28.7 Å². The number of ether oxygens (including phenoxy) is 2. The van der Waals surface area contributed by atoms with Crippen molar-refractivity contribution in [1.82, 2.24) is 14.7 Å². The molecule has 2 saturated heterocycles. The van der Waals surface area contributed by atoms with Crippen LogP contribution in [0.2, 0.25) is 0 Å². The Kier molecular flexibility index (Phi) is 11.2. The van der Waals surface area contributed by atoms with Gasteiger partial charge >= 0.3 is 5.97 Å². The molecule has 1 aromatic rings. The van der Waals surface area contributed by atoms with Crippen molar-refractivity contribution in [2.75, 3.05) is 20.2 Å². The van der Waals surface area contributed by atoms with Gasteiger partial charge in [-0.25, -0.2) is 0 Å². The van der Waals surface area contributed by atoms with Gasteiger partial charge in [-0.2, -0.15) is 0 Å². The van der Waals surface area contributed by atoms with Gasteiger partial charge in [0, 0.05) is 30.5 Å². The highest BCUT2D eigenvalue weighted by molar-refractivity contribution is 9.11. The zero-order valence-electron chi connectivity index (χ0n) is 28.9. The third kappa shape index (κ3) is 6.26. The zero-order valence-corrected chi connectivity index (χ0v) is 30.5. The first kappa shape index (κ1) is 36.3. The van der Waals surface area contributed by atoms with Gasteiger partial charge in [-0.05, 0) is 44.2 Å². The smallest absolute Gasteiger partial charge is 0.313 e. The van der Waals surface area contributed by atoms with Gasteiger partial charge in [0.15, 0.2) is 0 Å². The van der Waals surface area contributed by atoms with Crippen LogP contribution >= 0.6 is 15.9 Å². The number of likely N-dealkylation sites (N-methyl/N-ethyl adjacent to an activating group) is 1. The molecule has 0 saturated carbocycles. The molecule has 0 aliphatic carbocycles. The maximum atomic E-state index is 15.0. The van der Waals surface area contributed by atoms with E-state index in [0.717, 1.165) is 12.8 Å². The average molecular weight is 729 g/mol. The van der Waals surface area contributed by atoms with E-state index in [4.69, 9.17) is 9.47 Å². The SMILES string of the molecule is CCCC(C)N1C/C=C\CCC(=O)N(C)[C@H](C)[C@@H](c2ccccc2)OC(=O)[C@@H]2[C@H]3O[C@@]4(C=C3Br)[C@H](C1=O)N([C@@H](CO)[C@@H](C)CC)C(=O)[C@@H]24. The number of esters is 1. The molecule has 10 nitrogen and oxygen atoms in total. The number of amides is 3. The molecule has 1 N–H and O–H groups in total. The van der Waals surface area contributed by atoms with Gasteiger partial charge in [0.2, 0.25) is 17.7 Å². The van der Waals surface area contributed by atoms with Gasteiger partial charge < -0.3 is 29.3 Å². The maximum Gasteiger partial charge on any atom is 0.313 e. The summed E-state index contributed by atoms with van der Waals surface area (Å²) in [4.78, 5) is 62.6. The first-order chi connectivity index (χ1) is 22.9. The quantitative estimate of drug-likeness (QED) is 0.303. The lowest BCUT2D eigenvalue weighted by Crippen LogP contribution is -2.60. The minimum Gasteiger partial charge on any atom is -0.455 e. The van der Waals surface area contributed by atoms with Crippen LogP contribution in [0.4, 0.5) is 0 Å². The fourth-order valence-electron chi connectivity index (χ4n) is 8.01. The van der Waals surface area contributed by atoms with E-state index in [1.165, 1.54) is 4.90 Å². The number of carbonyl (C=O) groups is 4. The Morgan fingerprint density at radius 3 is 2.40 bits per heavy atom. The third-order valence-electron chi connectivity index (χ3n) is 11.0. The number of likely N-dealkylation sites (tertiary alicyclic amines) is 1. The molecule has 48 heavy (non-hydrogen) atoms. The molecule has 4 aliphatic heterocycles. The third-order valence-corrected chi connectivity index (χ3v) is 11.7. The number of cyclic esters (lactones) is 1. The molecule has 0 radical (unpaired) electrons. The Hall–Kier alpha value is -3.02. The van der Waals surface area contributed by atoms with Gasteiger partial charge in [-0.1, -0.05) is 92.0 Å². The van der Waals surface area contributed by atoms with E-state index in [-0.39, 0.29) is 43.3 Å². The summed E-state index contributed by atoms with van der Waals surface area (Å²) in [5.41, 5.74) is -0.723. The monoisotopic (exact) mass is 727 g/mol. The molecule has 11 heteroatoms. The van der Waals surface area contributed by atoms with Crippen molar-refractivity contribution < 1.29 is 33.8 Å². The van der Waals surface area contributed by atoms with Crippen molar-refractivity contribution >= 4 is 39.6 Å². The summed E-state index contributed by atoms with van der Waals surface area (Å²) in [5, 5.41) is 10.7. The van der Waals surface area contributed by atoms with Crippen molar-refractivity contribution in [3.63, 3.8) is 0 Å². The van der Waals surface area contributed by atoms with E-state index >= 15 is 4.79 Å². The summed E-state index contributed by atoms with van der Waals surface area (Å²) in [7, 11) is 1.71. The number of benzene rings is 1. The molecule has 3 amide bonds. The van der Waals surface area contributed by atoms with Crippen LogP contribution in [0.15, 0.2) is 53.0 Å². The fourth-order valence-corrected chi connectivity index (χ4v) is 8.74. The molecule has 0 aromatic heterocycles. The molecular formula is C37H50BrN3O7. The summed E-state index contributed by atoms with van der Waals surface area (Å²) >= 11 is 3.63. The first-order valence-corrected chi connectivity index (χ1v) is 18.2.